The molecule has 2 heterocycles. The molecule has 0 aromatic carbocycles. The van der Waals surface area contributed by atoms with Crippen molar-refractivity contribution in [1.82, 2.24) is 9.97 Å². The number of furan rings is 1. The molecular formula is C9H10N3O4P. The van der Waals surface area contributed by atoms with Crippen LogP contribution in [0.1, 0.15) is 5.82 Å². The molecule has 8 heteroatoms. The number of nitrogens with two attached hydrogens (primary N) is 1. The molecule has 2 aromatic rings. The van der Waals surface area contributed by atoms with E-state index in [0.717, 1.165) is 0 Å². The van der Waals surface area contributed by atoms with Gasteiger partial charge in [0.1, 0.15) is 16.8 Å². The van der Waals surface area contributed by atoms with Gasteiger partial charge in [-0.1, -0.05) is 0 Å². The van der Waals surface area contributed by atoms with Gasteiger partial charge < -0.3 is 19.9 Å². The molecule has 0 atom stereocenters. The maximum atomic E-state index is 11.2. The Kier molecular flexibility index (Phi) is 3.08. The van der Waals surface area contributed by atoms with Gasteiger partial charge in [-0.2, -0.15) is 0 Å². The Morgan fingerprint density at radius 2 is 2.18 bits per heavy atom. The van der Waals surface area contributed by atoms with Crippen LogP contribution in [-0.2, 0) is 11.1 Å². The molecule has 0 aliphatic heterocycles. The second kappa shape index (κ2) is 4.38. The lowest BCUT2D eigenvalue weighted by Crippen LogP contribution is -2.07. The second-order valence-corrected chi connectivity index (χ2v) is 4.81. The van der Waals surface area contributed by atoms with Crippen molar-refractivity contribution in [3.05, 3.63) is 30.4 Å². The minimum atomic E-state index is -4.38. The van der Waals surface area contributed by atoms with Crippen LogP contribution in [0.5, 0.6) is 0 Å². The highest BCUT2D eigenvalue weighted by molar-refractivity contribution is 7.60. The lowest BCUT2D eigenvalue weighted by Gasteiger charge is -2.04. The van der Waals surface area contributed by atoms with Crippen molar-refractivity contribution in [2.45, 2.75) is 6.54 Å². The normalized spacial score (nSPS) is 11.7. The maximum Gasteiger partial charge on any atom is 0.360 e. The van der Waals surface area contributed by atoms with E-state index in [2.05, 4.69) is 9.97 Å². The van der Waals surface area contributed by atoms with Gasteiger partial charge in [-0.15, -0.1) is 0 Å². The van der Waals surface area contributed by atoms with Gasteiger partial charge in [-0.25, -0.2) is 9.97 Å². The van der Waals surface area contributed by atoms with Crippen LogP contribution in [0, 0.1) is 0 Å². The molecule has 4 N–H and O–H groups in total. The fourth-order valence-corrected chi connectivity index (χ4v) is 2.03. The SMILES string of the molecule is NCc1nccc(-c2occc2P(=O)(O)O)n1. The first-order valence-corrected chi connectivity index (χ1v) is 6.29. The number of hydrogen-bond acceptors (Lipinski definition) is 5. The van der Waals surface area contributed by atoms with E-state index in [1.54, 1.807) is 0 Å². The van der Waals surface area contributed by atoms with E-state index in [1.807, 2.05) is 0 Å². The van der Waals surface area contributed by atoms with Crippen LogP contribution in [0.3, 0.4) is 0 Å². The molecule has 0 saturated heterocycles. The van der Waals surface area contributed by atoms with Gasteiger partial charge in [0, 0.05) is 6.20 Å². The van der Waals surface area contributed by atoms with Crippen LogP contribution in [0.2, 0.25) is 0 Å². The van der Waals surface area contributed by atoms with Crippen LogP contribution < -0.4 is 11.0 Å². The van der Waals surface area contributed by atoms with Crippen LogP contribution in [-0.4, -0.2) is 19.8 Å². The molecule has 17 heavy (non-hydrogen) atoms. The van der Waals surface area contributed by atoms with Crippen LogP contribution in [0.25, 0.3) is 11.5 Å². The van der Waals surface area contributed by atoms with Crippen molar-refractivity contribution in [3.63, 3.8) is 0 Å². The van der Waals surface area contributed by atoms with E-state index >= 15 is 0 Å². The topological polar surface area (TPSA) is 122 Å². The summed E-state index contributed by atoms with van der Waals surface area (Å²) in [5, 5.41) is -0.195. The quantitative estimate of drug-likeness (QED) is 0.659. The molecule has 2 aromatic heterocycles. The summed E-state index contributed by atoms with van der Waals surface area (Å²) in [4.78, 5) is 26.2. The second-order valence-electron chi connectivity index (χ2n) is 3.24. The van der Waals surface area contributed by atoms with Gasteiger partial charge in [-0.3, -0.25) is 4.57 Å². The highest BCUT2D eigenvalue weighted by Gasteiger charge is 2.25. The Morgan fingerprint density at radius 1 is 1.41 bits per heavy atom. The van der Waals surface area contributed by atoms with E-state index in [0.29, 0.717) is 11.5 Å². The summed E-state index contributed by atoms with van der Waals surface area (Å²) in [7, 11) is -4.38. The Hall–Kier alpha value is -1.53. The molecule has 7 nitrogen and oxygen atoms in total. The maximum absolute atomic E-state index is 11.2. The van der Waals surface area contributed by atoms with E-state index in [4.69, 9.17) is 19.9 Å². The summed E-state index contributed by atoms with van der Waals surface area (Å²) in [6, 6.07) is 2.72. The average molecular weight is 255 g/mol. The Morgan fingerprint density at radius 3 is 2.82 bits per heavy atom. The van der Waals surface area contributed by atoms with Crippen LogP contribution >= 0.6 is 7.60 Å². The molecule has 2 rings (SSSR count). The van der Waals surface area contributed by atoms with Gasteiger partial charge in [0.05, 0.1) is 12.8 Å². The zero-order valence-corrected chi connectivity index (χ0v) is 9.54. The Balaban J connectivity index is 2.54. The zero-order chi connectivity index (χ0) is 12.5. The first kappa shape index (κ1) is 11.9. The third-order valence-electron chi connectivity index (χ3n) is 2.08. The van der Waals surface area contributed by atoms with Crippen LogP contribution in [0.4, 0.5) is 0 Å². The summed E-state index contributed by atoms with van der Waals surface area (Å²) >= 11 is 0. The van der Waals surface area contributed by atoms with E-state index in [-0.39, 0.29) is 17.6 Å². The fourth-order valence-electron chi connectivity index (χ4n) is 1.35. The predicted molar refractivity (Wildman–Crippen MR) is 59.3 cm³/mol. The summed E-state index contributed by atoms with van der Waals surface area (Å²) in [6.45, 7) is 0.139. The van der Waals surface area contributed by atoms with Gasteiger partial charge in [0.25, 0.3) is 0 Å². The Bertz CT molecular complexity index is 577. The minimum Gasteiger partial charge on any atom is -0.462 e. The van der Waals surface area contributed by atoms with Crippen molar-refractivity contribution < 1.29 is 18.8 Å². The van der Waals surface area contributed by atoms with Gasteiger partial charge in [0.2, 0.25) is 0 Å². The third-order valence-corrected chi connectivity index (χ3v) is 3.06. The standard InChI is InChI=1S/C9H10N3O4P/c10-5-8-11-3-1-6(12-8)9-7(2-4-16-9)17(13,14)15/h1-4H,5,10H2,(H2,13,14,15). The molecule has 0 saturated carbocycles. The first-order valence-electron chi connectivity index (χ1n) is 4.68. The smallest absolute Gasteiger partial charge is 0.360 e. The number of rotatable bonds is 3. The Labute approximate surface area is 96.5 Å². The molecule has 0 fully saturated rings. The fraction of sp³-hybridized carbons (Fsp3) is 0.111. The van der Waals surface area contributed by atoms with Gasteiger partial charge in [-0.05, 0) is 12.1 Å². The number of aromatic nitrogens is 2. The molecule has 90 valence electrons. The van der Waals surface area contributed by atoms with Crippen molar-refractivity contribution in [1.29, 1.82) is 0 Å². The van der Waals surface area contributed by atoms with Gasteiger partial charge >= 0.3 is 7.60 Å². The third kappa shape index (κ3) is 2.42. The molecule has 0 aliphatic carbocycles. The van der Waals surface area contributed by atoms with Crippen molar-refractivity contribution in [2.75, 3.05) is 0 Å². The number of nitrogens with zero attached hydrogens (tertiary/aromatic N) is 2. The van der Waals surface area contributed by atoms with Crippen molar-refractivity contribution in [3.8, 4) is 11.5 Å². The van der Waals surface area contributed by atoms with Crippen molar-refractivity contribution in [2.24, 2.45) is 5.73 Å². The lowest BCUT2D eigenvalue weighted by molar-refractivity contribution is 0.387. The van der Waals surface area contributed by atoms with Crippen molar-refractivity contribution >= 4 is 12.9 Å². The highest BCUT2D eigenvalue weighted by atomic mass is 31.2. The average Bonchev–Trinajstić information content (AvgIpc) is 2.77. The molecule has 0 bridgehead atoms. The number of hydrogen-bond donors (Lipinski definition) is 3. The summed E-state index contributed by atoms with van der Waals surface area (Å²) < 4.78 is 16.3. The zero-order valence-electron chi connectivity index (χ0n) is 8.65. The highest BCUT2D eigenvalue weighted by Crippen LogP contribution is 2.37. The summed E-state index contributed by atoms with van der Waals surface area (Å²) in [5.41, 5.74) is 5.68. The monoisotopic (exact) mass is 255 g/mol. The largest absolute Gasteiger partial charge is 0.462 e. The van der Waals surface area contributed by atoms with E-state index in [9.17, 15) is 4.57 Å². The molecule has 0 spiro atoms. The predicted octanol–water partition coefficient (Wildman–Crippen LogP) is -0.00170. The molecule has 0 radical (unpaired) electrons. The van der Waals surface area contributed by atoms with Crippen LogP contribution in [0.15, 0.2) is 29.0 Å². The summed E-state index contributed by atoms with van der Waals surface area (Å²) in [6.07, 6.45) is 2.66. The molecule has 0 aliphatic rings. The van der Waals surface area contributed by atoms with Gasteiger partial charge in [0.15, 0.2) is 5.76 Å². The summed E-state index contributed by atoms with van der Waals surface area (Å²) in [5.74, 6) is 0.408. The molecular weight excluding hydrogens is 245 g/mol. The molecule has 0 amide bonds. The lowest BCUT2D eigenvalue weighted by atomic mass is 10.3. The first-order chi connectivity index (χ1) is 8.02. The van der Waals surface area contributed by atoms with E-state index < -0.39 is 7.60 Å². The molecule has 0 unspecified atom stereocenters. The minimum absolute atomic E-state index is 0.0374. The van der Waals surface area contributed by atoms with E-state index in [1.165, 1.54) is 24.6 Å².